The topological polar surface area (TPSA) is 71.5 Å². The fourth-order valence-corrected chi connectivity index (χ4v) is 2.77. The molecule has 1 aliphatic carbocycles. The number of pyridine rings is 1. The molecule has 1 aliphatic rings. The monoisotopic (exact) mass is 278 g/mol. The van der Waals surface area contributed by atoms with Gasteiger partial charge in [0, 0.05) is 19.3 Å². The number of ether oxygens (including phenoxy) is 1. The van der Waals surface area contributed by atoms with Crippen molar-refractivity contribution in [2.45, 2.75) is 26.2 Å². The van der Waals surface area contributed by atoms with Crippen molar-refractivity contribution in [1.82, 2.24) is 4.98 Å². The second-order valence-corrected chi connectivity index (χ2v) is 5.13. The van der Waals surface area contributed by atoms with Crippen LogP contribution in [0.4, 0.5) is 5.82 Å². The molecule has 0 spiro atoms. The van der Waals surface area contributed by atoms with Gasteiger partial charge >= 0.3 is 5.97 Å². The van der Waals surface area contributed by atoms with Crippen LogP contribution >= 0.6 is 0 Å². The van der Waals surface area contributed by atoms with Gasteiger partial charge < -0.3 is 15.2 Å². The fourth-order valence-electron chi connectivity index (χ4n) is 2.77. The van der Waals surface area contributed by atoms with Gasteiger partial charge in [-0.25, -0.2) is 9.78 Å². The van der Waals surface area contributed by atoms with Gasteiger partial charge in [-0.2, -0.15) is 0 Å². The Morgan fingerprint density at radius 3 is 3.05 bits per heavy atom. The van der Waals surface area contributed by atoms with Gasteiger partial charge in [0.25, 0.3) is 0 Å². The van der Waals surface area contributed by atoms with E-state index in [-0.39, 0.29) is 12.6 Å². The van der Waals surface area contributed by atoms with E-state index in [2.05, 4.69) is 10.3 Å². The van der Waals surface area contributed by atoms with Crippen molar-refractivity contribution in [3.8, 4) is 0 Å². The van der Waals surface area contributed by atoms with Crippen molar-refractivity contribution in [3.05, 3.63) is 23.9 Å². The fraction of sp³-hybridized carbons (Fsp3) is 0.600. The van der Waals surface area contributed by atoms with E-state index >= 15 is 0 Å². The van der Waals surface area contributed by atoms with Crippen LogP contribution in [0.5, 0.6) is 0 Å². The minimum Gasteiger partial charge on any atom is -0.462 e. The molecule has 0 amide bonds. The Morgan fingerprint density at radius 2 is 2.30 bits per heavy atom. The number of hydrogen-bond donors (Lipinski definition) is 2. The molecule has 1 fully saturated rings. The van der Waals surface area contributed by atoms with E-state index in [0.717, 1.165) is 25.8 Å². The number of rotatable bonds is 6. The number of aliphatic hydroxyl groups excluding tert-OH is 1. The highest BCUT2D eigenvalue weighted by atomic mass is 16.5. The molecule has 20 heavy (non-hydrogen) atoms. The summed E-state index contributed by atoms with van der Waals surface area (Å²) in [5.41, 5.74) is 0.466. The van der Waals surface area contributed by atoms with Crippen LogP contribution in [0.3, 0.4) is 0 Å². The first-order valence-corrected chi connectivity index (χ1v) is 7.23. The zero-order valence-electron chi connectivity index (χ0n) is 11.8. The van der Waals surface area contributed by atoms with Gasteiger partial charge in [0.2, 0.25) is 0 Å². The molecule has 2 atom stereocenters. The summed E-state index contributed by atoms with van der Waals surface area (Å²) >= 11 is 0. The average Bonchev–Trinajstić information content (AvgIpc) is 2.93. The minimum absolute atomic E-state index is 0.235. The maximum atomic E-state index is 11.8. The van der Waals surface area contributed by atoms with E-state index in [4.69, 9.17) is 4.74 Å². The number of nitrogens with one attached hydrogen (secondary N) is 1. The summed E-state index contributed by atoms with van der Waals surface area (Å²) in [6.07, 6.45) is 5.00. The highest BCUT2D eigenvalue weighted by molar-refractivity contribution is 5.94. The molecule has 0 aliphatic heterocycles. The molecule has 110 valence electrons. The molecule has 1 saturated carbocycles. The molecular formula is C15H22N2O3. The summed E-state index contributed by atoms with van der Waals surface area (Å²) in [7, 11) is 0. The van der Waals surface area contributed by atoms with Crippen molar-refractivity contribution in [2.24, 2.45) is 11.8 Å². The molecule has 0 saturated heterocycles. The summed E-state index contributed by atoms with van der Waals surface area (Å²) < 4.78 is 5.02. The van der Waals surface area contributed by atoms with E-state index in [9.17, 15) is 9.90 Å². The maximum Gasteiger partial charge on any atom is 0.341 e. The number of carbonyl (C=O) groups is 1. The van der Waals surface area contributed by atoms with Gasteiger partial charge in [-0.15, -0.1) is 0 Å². The summed E-state index contributed by atoms with van der Waals surface area (Å²) in [5, 5.41) is 12.6. The van der Waals surface area contributed by atoms with E-state index in [0.29, 0.717) is 29.8 Å². The van der Waals surface area contributed by atoms with Crippen molar-refractivity contribution in [3.63, 3.8) is 0 Å². The smallest absolute Gasteiger partial charge is 0.341 e. The van der Waals surface area contributed by atoms with Crippen LogP contribution in [0.2, 0.25) is 0 Å². The van der Waals surface area contributed by atoms with Crippen molar-refractivity contribution < 1.29 is 14.6 Å². The maximum absolute atomic E-state index is 11.8. The van der Waals surface area contributed by atoms with Crippen molar-refractivity contribution in [1.29, 1.82) is 0 Å². The predicted molar refractivity (Wildman–Crippen MR) is 76.6 cm³/mol. The van der Waals surface area contributed by atoms with Crippen LogP contribution in [0.25, 0.3) is 0 Å². The number of aromatic nitrogens is 1. The first-order valence-electron chi connectivity index (χ1n) is 7.23. The minimum atomic E-state index is -0.353. The molecule has 0 radical (unpaired) electrons. The van der Waals surface area contributed by atoms with Gasteiger partial charge in [0.1, 0.15) is 11.4 Å². The van der Waals surface area contributed by atoms with Gasteiger partial charge in [-0.1, -0.05) is 6.42 Å². The molecule has 2 N–H and O–H groups in total. The summed E-state index contributed by atoms with van der Waals surface area (Å²) in [6.45, 7) is 3.10. The lowest BCUT2D eigenvalue weighted by Gasteiger charge is -2.19. The van der Waals surface area contributed by atoms with Gasteiger partial charge in [-0.05, 0) is 43.7 Å². The third kappa shape index (κ3) is 3.48. The molecule has 1 aromatic heterocycles. The number of carbonyl (C=O) groups excluding carboxylic acids is 1. The summed E-state index contributed by atoms with van der Waals surface area (Å²) in [6, 6.07) is 3.44. The Kier molecular flexibility index (Phi) is 5.35. The molecule has 5 nitrogen and oxygen atoms in total. The molecular weight excluding hydrogens is 256 g/mol. The lowest BCUT2D eigenvalue weighted by atomic mass is 9.97. The quantitative estimate of drug-likeness (QED) is 0.780. The van der Waals surface area contributed by atoms with Crippen LogP contribution in [0.15, 0.2) is 18.3 Å². The van der Waals surface area contributed by atoms with E-state index in [1.807, 2.05) is 0 Å². The zero-order chi connectivity index (χ0) is 14.4. The summed E-state index contributed by atoms with van der Waals surface area (Å²) in [4.78, 5) is 16.1. The Hall–Kier alpha value is -1.62. The Labute approximate surface area is 119 Å². The predicted octanol–water partition coefficient (Wildman–Crippen LogP) is 2.08. The van der Waals surface area contributed by atoms with Crippen LogP contribution in [0.1, 0.15) is 36.5 Å². The zero-order valence-corrected chi connectivity index (χ0v) is 11.8. The molecule has 0 bridgehead atoms. The highest BCUT2D eigenvalue weighted by Crippen LogP contribution is 2.31. The third-order valence-corrected chi connectivity index (χ3v) is 3.89. The standard InChI is InChI=1S/C15H22N2O3/c1-2-20-15(19)13-7-4-8-16-14(13)17-9-11-5-3-6-12(11)10-18/h4,7-8,11-12,18H,2-3,5-6,9-10H2,1H3,(H,16,17). The van der Waals surface area contributed by atoms with Gasteiger partial charge in [0.15, 0.2) is 0 Å². The first-order chi connectivity index (χ1) is 9.76. The van der Waals surface area contributed by atoms with Crippen molar-refractivity contribution >= 4 is 11.8 Å². The number of esters is 1. The van der Waals surface area contributed by atoms with Crippen LogP contribution in [-0.4, -0.2) is 35.8 Å². The lowest BCUT2D eigenvalue weighted by Crippen LogP contribution is -2.22. The molecule has 2 unspecified atom stereocenters. The largest absolute Gasteiger partial charge is 0.462 e. The second kappa shape index (κ2) is 7.24. The molecule has 5 heteroatoms. The van der Waals surface area contributed by atoms with Crippen LogP contribution in [-0.2, 0) is 4.74 Å². The van der Waals surface area contributed by atoms with Crippen molar-refractivity contribution in [2.75, 3.05) is 25.1 Å². The molecule has 1 aromatic rings. The highest BCUT2D eigenvalue weighted by Gasteiger charge is 2.26. The Bertz CT molecular complexity index is 450. The SMILES string of the molecule is CCOC(=O)c1cccnc1NCC1CCCC1CO. The number of aliphatic hydroxyl groups is 1. The first kappa shape index (κ1) is 14.8. The molecule has 2 rings (SSSR count). The Morgan fingerprint density at radius 1 is 1.50 bits per heavy atom. The lowest BCUT2D eigenvalue weighted by molar-refractivity contribution is 0.0527. The van der Waals surface area contributed by atoms with Crippen LogP contribution in [0, 0.1) is 11.8 Å². The second-order valence-electron chi connectivity index (χ2n) is 5.13. The third-order valence-electron chi connectivity index (χ3n) is 3.89. The van der Waals surface area contributed by atoms with Crippen LogP contribution < -0.4 is 5.32 Å². The molecule has 1 heterocycles. The van der Waals surface area contributed by atoms with E-state index in [1.165, 1.54) is 0 Å². The van der Waals surface area contributed by atoms with E-state index in [1.54, 1.807) is 25.3 Å². The molecule has 0 aromatic carbocycles. The number of nitrogens with zero attached hydrogens (tertiary/aromatic N) is 1. The normalized spacial score (nSPS) is 21.7. The number of hydrogen-bond acceptors (Lipinski definition) is 5. The number of anilines is 1. The average molecular weight is 278 g/mol. The van der Waals surface area contributed by atoms with Gasteiger partial charge in [0.05, 0.1) is 6.61 Å². The van der Waals surface area contributed by atoms with E-state index < -0.39 is 0 Å². The summed E-state index contributed by atoms with van der Waals surface area (Å²) in [5.74, 6) is 1.01. The van der Waals surface area contributed by atoms with Gasteiger partial charge in [-0.3, -0.25) is 0 Å². The Balaban J connectivity index is 2.00.